The summed E-state index contributed by atoms with van der Waals surface area (Å²) in [5.41, 5.74) is 0.390. The van der Waals surface area contributed by atoms with Gasteiger partial charge in [0, 0.05) is 5.56 Å². The summed E-state index contributed by atoms with van der Waals surface area (Å²) in [5.74, 6) is -1.03. The highest BCUT2D eigenvalue weighted by Gasteiger charge is 2.62. The van der Waals surface area contributed by atoms with Gasteiger partial charge in [-0.1, -0.05) is 0 Å². The Morgan fingerprint density at radius 3 is 2.18 bits per heavy atom. The number of ketones is 1. The summed E-state index contributed by atoms with van der Waals surface area (Å²) in [4.78, 5) is 51.2. The topological polar surface area (TPSA) is 90.0 Å². The van der Waals surface area contributed by atoms with Gasteiger partial charge in [-0.15, -0.1) is 0 Å². The molecular formula is C21H23NO6. The van der Waals surface area contributed by atoms with E-state index in [9.17, 15) is 19.2 Å². The van der Waals surface area contributed by atoms with Crippen molar-refractivity contribution in [2.75, 3.05) is 13.7 Å². The number of methoxy groups -OCH3 is 1. The van der Waals surface area contributed by atoms with E-state index in [1.165, 1.54) is 14.0 Å². The third-order valence-electron chi connectivity index (χ3n) is 6.45. The Kier molecular flexibility index (Phi) is 4.69. The zero-order chi connectivity index (χ0) is 20.0. The third-order valence-corrected chi connectivity index (χ3v) is 6.45. The number of carbonyl (C=O) groups excluding carboxylic acids is 4. The number of amides is 2. The van der Waals surface area contributed by atoms with E-state index < -0.39 is 18.6 Å². The van der Waals surface area contributed by atoms with Crippen molar-refractivity contribution in [2.24, 2.45) is 23.7 Å². The molecule has 28 heavy (non-hydrogen) atoms. The molecule has 1 aromatic rings. The number of ether oxygens (including phenoxy) is 2. The number of hydrogen-bond donors (Lipinski definition) is 0. The third kappa shape index (κ3) is 2.89. The summed E-state index contributed by atoms with van der Waals surface area (Å²) in [6.07, 6.45) is 2.90. The number of carbonyl (C=O) groups is 4. The molecule has 1 aliphatic heterocycles. The van der Waals surface area contributed by atoms with Crippen molar-refractivity contribution >= 4 is 23.6 Å². The molecule has 1 saturated heterocycles. The van der Waals surface area contributed by atoms with Crippen molar-refractivity contribution in [3.63, 3.8) is 0 Å². The number of rotatable bonds is 6. The molecule has 5 atom stereocenters. The Labute approximate surface area is 163 Å². The Hall–Kier alpha value is -2.70. The van der Waals surface area contributed by atoms with Gasteiger partial charge in [-0.05, 0) is 62.3 Å². The molecule has 1 aromatic carbocycles. The molecule has 7 heteroatoms. The molecule has 0 aromatic heterocycles. The average molecular weight is 385 g/mol. The number of nitrogens with zero attached hydrogens (tertiary/aromatic N) is 1. The standard InChI is InChI=1S/C21H23NO6/c1-11(21(26)28-10-16(23)12-5-7-15(27-2)8-6-12)22-19(24)17-13-3-4-14(9-13)18(17)20(22)25/h5-8,11,13-14,17-18H,3-4,9-10H2,1-2H3/t11-,13-,14-,17-,18-/m0/s1. The largest absolute Gasteiger partial charge is 0.497 e. The van der Waals surface area contributed by atoms with Gasteiger partial charge in [0.15, 0.2) is 12.4 Å². The van der Waals surface area contributed by atoms with Crippen LogP contribution < -0.4 is 4.74 Å². The van der Waals surface area contributed by atoms with E-state index in [1.807, 2.05) is 0 Å². The Bertz CT molecular complexity index is 804. The molecule has 0 spiro atoms. The number of hydrogen-bond acceptors (Lipinski definition) is 6. The lowest BCUT2D eigenvalue weighted by atomic mass is 9.81. The van der Waals surface area contributed by atoms with Gasteiger partial charge in [-0.25, -0.2) is 4.79 Å². The summed E-state index contributed by atoms with van der Waals surface area (Å²) in [5, 5.41) is 0. The van der Waals surface area contributed by atoms with Gasteiger partial charge in [-0.3, -0.25) is 19.3 Å². The molecule has 2 saturated carbocycles. The second-order valence-electron chi connectivity index (χ2n) is 7.87. The summed E-state index contributed by atoms with van der Waals surface area (Å²) in [6.45, 7) is 1.04. The fraction of sp³-hybridized carbons (Fsp3) is 0.524. The number of fused-ring (bicyclic) bond motifs is 5. The van der Waals surface area contributed by atoms with E-state index in [0.717, 1.165) is 24.2 Å². The first-order valence-corrected chi connectivity index (χ1v) is 9.63. The molecule has 2 amide bonds. The average Bonchev–Trinajstić information content (AvgIpc) is 3.39. The Morgan fingerprint density at radius 1 is 1.07 bits per heavy atom. The molecule has 0 N–H and O–H groups in total. The van der Waals surface area contributed by atoms with Crippen molar-refractivity contribution < 1.29 is 28.7 Å². The monoisotopic (exact) mass is 385 g/mol. The van der Waals surface area contributed by atoms with Crippen LogP contribution in [0, 0.1) is 23.7 Å². The first-order valence-electron chi connectivity index (χ1n) is 9.63. The van der Waals surface area contributed by atoms with Gasteiger partial charge in [0.25, 0.3) is 0 Å². The van der Waals surface area contributed by atoms with Crippen molar-refractivity contribution in [2.45, 2.75) is 32.2 Å². The van der Waals surface area contributed by atoms with Crippen molar-refractivity contribution in [3.8, 4) is 5.75 Å². The molecule has 4 rings (SSSR count). The molecule has 0 radical (unpaired) electrons. The van der Waals surface area contributed by atoms with Gasteiger partial charge < -0.3 is 9.47 Å². The maximum Gasteiger partial charge on any atom is 0.329 e. The fourth-order valence-corrected chi connectivity index (χ4v) is 5.04. The SMILES string of the molecule is COc1ccc(C(=O)COC(=O)[C@H](C)N2C(=O)[C@H]3[C@H]4CC[C@@H](C4)[C@@H]3C2=O)cc1. The lowest BCUT2D eigenvalue weighted by molar-refractivity contribution is -0.157. The van der Waals surface area contributed by atoms with Gasteiger partial charge in [0.05, 0.1) is 18.9 Å². The highest BCUT2D eigenvalue weighted by atomic mass is 16.5. The highest BCUT2D eigenvalue weighted by Crippen LogP contribution is 2.56. The van der Waals surface area contributed by atoms with Crippen molar-refractivity contribution in [1.29, 1.82) is 0 Å². The van der Waals surface area contributed by atoms with E-state index in [-0.39, 0.29) is 41.3 Å². The Balaban J connectivity index is 1.37. The van der Waals surface area contributed by atoms with Gasteiger partial charge >= 0.3 is 5.97 Å². The zero-order valence-electron chi connectivity index (χ0n) is 15.9. The second kappa shape index (κ2) is 7.04. The number of imide groups is 1. The number of likely N-dealkylation sites (tertiary alicyclic amines) is 1. The van der Waals surface area contributed by atoms with Crippen LogP contribution in [0.3, 0.4) is 0 Å². The maximum absolute atomic E-state index is 12.8. The van der Waals surface area contributed by atoms with E-state index in [4.69, 9.17) is 9.47 Å². The van der Waals surface area contributed by atoms with Gasteiger partial charge in [0.1, 0.15) is 11.8 Å². The number of esters is 1. The van der Waals surface area contributed by atoms with Crippen molar-refractivity contribution in [3.05, 3.63) is 29.8 Å². The van der Waals surface area contributed by atoms with Crippen LogP contribution in [0.5, 0.6) is 5.75 Å². The minimum absolute atomic E-state index is 0.256. The summed E-state index contributed by atoms with van der Waals surface area (Å²) in [7, 11) is 1.53. The molecule has 3 aliphatic rings. The molecule has 1 heterocycles. The van der Waals surface area contributed by atoms with Crippen LogP contribution in [0.25, 0.3) is 0 Å². The quantitative estimate of drug-likeness (QED) is 0.422. The van der Waals surface area contributed by atoms with Gasteiger partial charge in [-0.2, -0.15) is 0 Å². The minimum Gasteiger partial charge on any atom is -0.497 e. The Morgan fingerprint density at radius 2 is 1.64 bits per heavy atom. The molecule has 2 aliphatic carbocycles. The number of Topliss-reactive ketones (excluding diaryl/α,β-unsaturated/α-hetero) is 1. The van der Waals surface area contributed by atoms with Crippen LogP contribution in [-0.2, 0) is 19.1 Å². The zero-order valence-corrected chi connectivity index (χ0v) is 15.9. The van der Waals surface area contributed by atoms with Crippen LogP contribution in [0.1, 0.15) is 36.5 Å². The van der Waals surface area contributed by atoms with Crippen LogP contribution in [-0.4, -0.2) is 48.2 Å². The molecular weight excluding hydrogens is 362 g/mol. The fourth-order valence-electron chi connectivity index (χ4n) is 5.04. The van der Waals surface area contributed by atoms with Crippen LogP contribution >= 0.6 is 0 Å². The van der Waals surface area contributed by atoms with E-state index >= 15 is 0 Å². The maximum atomic E-state index is 12.8. The minimum atomic E-state index is -1.02. The molecule has 7 nitrogen and oxygen atoms in total. The first kappa shape index (κ1) is 18.7. The predicted octanol–water partition coefficient (Wildman–Crippen LogP) is 1.84. The van der Waals surface area contributed by atoms with Gasteiger partial charge in [0.2, 0.25) is 11.8 Å². The molecule has 3 fully saturated rings. The first-order chi connectivity index (χ1) is 13.4. The molecule has 148 valence electrons. The highest BCUT2D eigenvalue weighted by molar-refractivity contribution is 6.08. The predicted molar refractivity (Wildman–Crippen MR) is 97.4 cm³/mol. The summed E-state index contributed by atoms with van der Waals surface area (Å²) in [6, 6.07) is 5.44. The summed E-state index contributed by atoms with van der Waals surface area (Å²) >= 11 is 0. The van der Waals surface area contributed by atoms with E-state index in [2.05, 4.69) is 0 Å². The smallest absolute Gasteiger partial charge is 0.329 e. The summed E-state index contributed by atoms with van der Waals surface area (Å²) < 4.78 is 10.2. The van der Waals surface area contributed by atoms with Crippen LogP contribution in [0.4, 0.5) is 0 Å². The number of benzene rings is 1. The molecule has 0 unspecified atom stereocenters. The van der Waals surface area contributed by atoms with E-state index in [0.29, 0.717) is 11.3 Å². The second-order valence-corrected chi connectivity index (χ2v) is 7.87. The van der Waals surface area contributed by atoms with Crippen LogP contribution in [0.2, 0.25) is 0 Å². The molecule has 2 bridgehead atoms. The lowest BCUT2D eigenvalue weighted by Crippen LogP contribution is -2.45. The normalized spacial score (nSPS) is 29.0. The van der Waals surface area contributed by atoms with Crippen molar-refractivity contribution in [1.82, 2.24) is 4.90 Å². The van der Waals surface area contributed by atoms with E-state index in [1.54, 1.807) is 24.3 Å². The lowest BCUT2D eigenvalue weighted by Gasteiger charge is -2.22. The van der Waals surface area contributed by atoms with Crippen LogP contribution in [0.15, 0.2) is 24.3 Å².